The van der Waals surface area contributed by atoms with Gasteiger partial charge in [-0.2, -0.15) is 0 Å². The molecule has 0 N–H and O–H groups in total. The van der Waals surface area contributed by atoms with Gasteiger partial charge >= 0.3 is 0 Å². The molecule has 0 aliphatic carbocycles. The highest BCUT2D eigenvalue weighted by Gasteiger charge is 2.23. The van der Waals surface area contributed by atoms with Gasteiger partial charge in [-0.1, -0.05) is 164 Å². The van der Waals surface area contributed by atoms with Crippen molar-refractivity contribution >= 4 is 92.9 Å². The van der Waals surface area contributed by atoms with Gasteiger partial charge < -0.3 is 9.32 Å². The lowest BCUT2D eigenvalue weighted by Crippen LogP contribution is -2.10. The van der Waals surface area contributed by atoms with Crippen LogP contribution in [-0.4, -0.2) is 0 Å². The number of anilines is 3. The molecular formula is C56H35NO. The van der Waals surface area contributed by atoms with Crippen molar-refractivity contribution in [2.24, 2.45) is 0 Å². The molecule has 58 heavy (non-hydrogen) atoms. The first kappa shape index (κ1) is 32.6. The minimum atomic E-state index is 0.870. The summed E-state index contributed by atoms with van der Waals surface area (Å²) >= 11 is 0. The zero-order chi connectivity index (χ0) is 38.2. The number of para-hydroxylation sites is 1. The number of nitrogens with zero attached hydrogens (tertiary/aromatic N) is 1. The standard InChI is InChI=1S/C56H35NO/c1-4-16-43-36(12-1)15-11-22-47(43)49-32-33-53(55-50-21-9-10-23-54(50)58-56(49)55)57(42-31-28-38-25-24-37-13-2-5-17-44(37)52(38)35-42)41-29-26-39(27-30-41)51-34-40-14-3-6-18-45(40)46-19-7-8-20-48(46)51/h1-35H. The second-order valence-electron chi connectivity index (χ2n) is 15.2. The van der Waals surface area contributed by atoms with E-state index in [4.69, 9.17) is 4.42 Å². The smallest absolute Gasteiger partial charge is 0.145 e. The topological polar surface area (TPSA) is 16.4 Å². The summed E-state index contributed by atoms with van der Waals surface area (Å²) in [4.78, 5) is 2.42. The van der Waals surface area contributed by atoms with E-state index in [9.17, 15) is 0 Å². The van der Waals surface area contributed by atoms with Crippen LogP contribution in [0.1, 0.15) is 0 Å². The number of hydrogen-bond acceptors (Lipinski definition) is 2. The second kappa shape index (κ2) is 12.9. The zero-order valence-corrected chi connectivity index (χ0v) is 31.6. The Balaban J connectivity index is 1.11. The average molecular weight is 738 g/mol. The molecule has 1 aromatic heterocycles. The highest BCUT2D eigenvalue weighted by Crippen LogP contribution is 2.48. The molecule has 12 aromatic rings. The van der Waals surface area contributed by atoms with Crippen LogP contribution in [0.3, 0.4) is 0 Å². The monoisotopic (exact) mass is 737 g/mol. The summed E-state index contributed by atoms with van der Waals surface area (Å²) < 4.78 is 6.90. The summed E-state index contributed by atoms with van der Waals surface area (Å²) in [6, 6.07) is 77.0. The third kappa shape index (κ3) is 5.05. The van der Waals surface area contributed by atoms with Gasteiger partial charge in [-0.15, -0.1) is 0 Å². The van der Waals surface area contributed by atoms with Gasteiger partial charge in [-0.05, 0) is 119 Å². The zero-order valence-electron chi connectivity index (χ0n) is 31.6. The Morgan fingerprint density at radius 1 is 0.310 bits per heavy atom. The third-order valence-electron chi connectivity index (χ3n) is 12.0. The number of hydrogen-bond donors (Lipinski definition) is 0. The van der Waals surface area contributed by atoms with Crippen LogP contribution in [0.4, 0.5) is 17.1 Å². The highest BCUT2D eigenvalue weighted by molar-refractivity contribution is 6.19. The Morgan fingerprint density at radius 2 is 0.879 bits per heavy atom. The van der Waals surface area contributed by atoms with Gasteiger partial charge in [0, 0.05) is 22.3 Å². The van der Waals surface area contributed by atoms with Crippen LogP contribution >= 0.6 is 0 Å². The molecule has 0 saturated carbocycles. The van der Waals surface area contributed by atoms with E-state index < -0.39 is 0 Å². The van der Waals surface area contributed by atoms with Gasteiger partial charge in [0.25, 0.3) is 0 Å². The summed E-state index contributed by atoms with van der Waals surface area (Å²) in [7, 11) is 0. The number of fused-ring (bicyclic) bond motifs is 10. The minimum Gasteiger partial charge on any atom is -0.455 e. The van der Waals surface area contributed by atoms with Crippen LogP contribution in [0.5, 0.6) is 0 Å². The van der Waals surface area contributed by atoms with Crippen molar-refractivity contribution in [3.63, 3.8) is 0 Å². The number of furan rings is 1. The molecule has 12 rings (SSSR count). The molecule has 0 atom stereocenters. The molecule has 0 amide bonds. The average Bonchev–Trinajstić information content (AvgIpc) is 3.69. The van der Waals surface area contributed by atoms with E-state index in [0.717, 1.165) is 50.1 Å². The van der Waals surface area contributed by atoms with Crippen LogP contribution in [-0.2, 0) is 0 Å². The van der Waals surface area contributed by atoms with Gasteiger partial charge in [-0.3, -0.25) is 0 Å². The normalized spacial score (nSPS) is 11.8. The molecule has 0 saturated heterocycles. The molecule has 270 valence electrons. The fourth-order valence-corrected chi connectivity index (χ4v) is 9.31. The van der Waals surface area contributed by atoms with Gasteiger partial charge in [0.1, 0.15) is 11.2 Å². The van der Waals surface area contributed by atoms with E-state index in [1.54, 1.807) is 0 Å². The largest absolute Gasteiger partial charge is 0.455 e. The minimum absolute atomic E-state index is 0.870. The van der Waals surface area contributed by atoms with Gasteiger partial charge in [-0.25, -0.2) is 0 Å². The maximum absolute atomic E-state index is 6.90. The Bertz CT molecular complexity index is 3570. The lowest BCUT2D eigenvalue weighted by Gasteiger charge is -2.27. The molecule has 11 aromatic carbocycles. The molecule has 0 fully saturated rings. The maximum atomic E-state index is 6.90. The predicted molar refractivity (Wildman–Crippen MR) is 247 cm³/mol. The Labute approximate surface area is 335 Å². The van der Waals surface area contributed by atoms with E-state index in [0.29, 0.717) is 0 Å². The number of benzene rings is 11. The summed E-state index contributed by atoms with van der Waals surface area (Å²) in [5.74, 6) is 0. The lowest BCUT2D eigenvalue weighted by atomic mass is 9.93. The van der Waals surface area contributed by atoms with Crippen LogP contribution in [0.15, 0.2) is 217 Å². The Morgan fingerprint density at radius 3 is 1.67 bits per heavy atom. The van der Waals surface area contributed by atoms with E-state index in [-0.39, 0.29) is 0 Å². The first-order valence-corrected chi connectivity index (χ1v) is 19.9. The molecule has 0 spiro atoms. The summed E-state index contributed by atoms with van der Waals surface area (Å²) in [6.07, 6.45) is 0. The summed E-state index contributed by atoms with van der Waals surface area (Å²) in [6.45, 7) is 0. The highest BCUT2D eigenvalue weighted by atomic mass is 16.3. The van der Waals surface area contributed by atoms with Crippen molar-refractivity contribution < 1.29 is 4.42 Å². The van der Waals surface area contributed by atoms with Crippen LogP contribution in [0, 0.1) is 0 Å². The third-order valence-corrected chi connectivity index (χ3v) is 12.0. The summed E-state index contributed by atoms with van der Waals surface area (Å²) in [5.41, 5.74) is 9.61. The van der Waals surface area contributed by atoms with E-state index in [1.165, 1.54) is 65.0 Å². The van der Waals surface area contributed by atoms with Crippen LogP contribution < -0.4 is 4.90 Å². The van der Waals surface area contributed by atoms with E-state index in [1.807, 2.05) is 0 Å². The van der Waals surface area contributed by atoms with E-state index >= 15 is 0 Å². The Hall–Kier alpha value is -7.68. The summed E-state index contributed by atoms with van der Waals surface area (Å²) in [5, 5.41) is 14.5. The molecule has 0 radical (unpaired) electrons. The van der Waals surface area contributed by atoms with Gasteiger partial charge in [0.15, 0.2) is 0 Å². The predicted octanol–water partition coefficient (Wildman–Crippen LogP) is 16.2. The van der Waals surface area contributed by atoms with Crippen molar-refractivity contribution in [1.29, 1.82) is 0 Å². The van der Waals surface area contributed by atoms with Crippen molar-refractivity contribution in [2.45, 2.75) is 0 Å². The first-order valence-electron chi connectivity index (χ1n) is 19.9. The van der Waals surface area contributed by atoms with Crippen molar-refractivity contribution in [3.05, 3.63) is 212 Å². The van der Waals surface area contributed by atoms with Gasteiger partial charge in [0.2, 0.25) is 0 Å². The molecule has 2 heteroatoms. The van der Waals surface area contributed by atoms with Crippen molar-refractivity contribution in [3.8, 4) is 22.3 Å². The van der Waals surface area contributed by atoms with Crippen molar-refractivity contribution in [2.75, 3.05) is 4.90 Å². The molecule has 0 aliphatic heterocycles. The molecule has 0 unspecified atom stereocenters. The van der Waals surface area contributed by atoms with Crippen molar-refractivity contribution in [1.82, 2.24) is 0 Å². The quantitative estimate of drug-likeness (QED) is 0.164. The molecular weight excluding hydrogens is 703 g/mol. The van der Waals surface area contributed by atoms with E-state index in [2.05, 4.69) is 217 Å². The fraction of sp³-hybridized carbons (Fsp3) is 0. The molecule has 2 nitrogen and oxygen atoms in total. The molecule has 1 heterocycles. The maximum Gasteiger partial charge on any atom is 0.145 e. The second-order valence-corrected chi connectivity index (χ2v) is 15.2. The number of rotatable bonds is 5. The fourth-order valence-electron chi connectivity index (χ4n) is 9.31. The Kier molecular flexibility index (Phi) is 7.26. The molecule has 0 aliphatic rings. The first-order chi connectivity index (χ1) is 28.8. The van der Waals surface area contributed by atoms with Crippen LogP contribution in [0.25, 0.3) is 98.1 Å². The lowest BCUT2D eigenvalue weighted by molar-refractivity contribution is 0.670. The van der Waals surface area contributed by atoms with Gasteiger partial charge in [0.05, 0.1) is 11.1 Å². The molecule has 0 bridgehead atoms. The SMILES string of the molecule is c1ccc2c(-c3ccc(N(c4ccc(-c5cc6ccccc6c6ccccc56)cc4)c4ccc5ccc6ccccc6c5c4)c4c3oc3ccccc34)cccc2c1. The van der Waals surface area contributed by atoms with Crippen LogP contribution in [0.2, 0.25) is 0 Å².